The molecule has 0 aliphatic rings. The van der Waals surface area contributed by atoms with Crippen molar-refractivity contribution in [1.29, 1.82) is 0 Å². The SMILES string of the molecule is CCNCc1cc(F)cc(N(C)c2ccc(F)cc2)c1. The standard InChI is InChI=1S/C16H18F2N2/c1-3-19-11-12-8-14(18)10-16(9-12)20(2)15-6-4-13(17)5-7-15/h4-10,19H,3,11H2,1-2H3. The molecular weight excluding hydrogens is 258 g/mol. The third kappa shape index (κ3) is 3.54. The number of halogens is 2. The molecular formula is C16H18F2N2. The van der Waals surface area contributed by atoms with E-state index in [2.05, 4.69) is 5.32 Å². The van der Waals surface area contributed by atoms with Gasteiger partial charge in [0.15, 0.2) is 0 Å². The summed E-state index contributed by atoms with van der Waals surface area (Å²) in [5.41, 5.74) is 2.44. The van der Waals surface area contributed by atoms with E-state index in [0.29, 0.717) is 6.54 Å². The monoisotopic (exact) mass is 276 g/mol. The molecule has 0 atom stereocenters. The first kappa shape index (κ1) is 14.5. The summed E-state index contributed by atoms with van der Waals surface area (Å²) in [4.78, 5) is 1.83. The van der Waals surface area contributed by atoms with Gasteiger partial charge >= 0.3 is 0 Å². The van der Waals surface area contributed by atoms with E-state index in [0.717, 1.165) is 23.5 Å². The molecule has 0 aromatic heterocycles. The predicted octanol–water partition coefficient (Wildman–Crippen LogP) is 3.84. The van der Waals surface area contributed by atoms with Gasteiger partial charge in [-0.25, -0.2) is 8.78 Å². The molecule has 0 unspecified atom stereocenters. The summed E-state index contributed by atoms with van der Waals surface area (Å²) < 4.78 is 26.6. The molecule has 0 saturated heterocycles. The highest BCUT2D eigenvalue weighted by molar-refractivity contribution is 5.63. The largest absolute Gasteiger partial charge is 0.345 e. The number of anilines is 2. The Kier molecular flexibility index (Phi) is 4.69. The third-order valence-electron chi connectivity index (χ3n) is 3.12. The van der Waals surface area contributed by atoms with Crippen LogP contribution in [0, 0.1) is 11.6 Å². The van der Waals surface area contributed by atoms with Crippen LogP contribution in [0.4, 0.5) is 20.2 Å². The highest BCUT2D eigenvalue weighted by Gasteiger charge is 2.07. The molecule has 0 spiro atoms. The highest BCUT2D eigenvalue weighted by Crippen LogP contribution is 2.25. The molecule has 0 amide bonds. The number of hydrogen-bond donors (Lipinski definition) is 1. The Morgan fingerprint density at radius 2 is 1.65 bits per heavy atom. The Hall–Kier alpha value is -1.94. The molecule has 1 N–H and O–H groups in total. The van der Waals surface area contributed by atoms with E-state index < -0.39 is 0 Å². The van der Waals surface area contributed by atoms with Crippen LogP contribution in [-0.4, -0.2) is 13.6 Å². The summed E-state index contributed by atoms with van der Waals surface area (Å²) in [5.74, 6) is -0.557. The second-order valence-corrected chi connectivity index (χ2v) is 4.63. The van der Waals surface area contributed by atoms with Crippen LogP contribution in [-0.2, 0) is 6.54 Å². The van der Waals surface area contributed by atoms with Gasteiger partial charge in [0.05, 0.1) is 0 Å². The normalized spacial score (nSPS) is 10.6. The van der Waals surface area contributed by atoms with Crippen LogP contribution in [0.3, 0.4) is 0 Å². The van der Waals surface area contributed by atoms with Crippen molar-refractivity contribution in [2.45, 2.75) is 13.5 Å². The number of nitrogens with zero attached hydrogens (tertiary/aromatic N) is 1. The molecule has 4 heteroatoms. The zero-order chi connectivity index (χ0) is 14.5. The van der Waals surface area contributed by atoms with Crippen molar-refractivity contribution in [3.05, 3.63) is 59.7 Å². The molecule has 0 bridgehead atoms. The molecule has 2 aromatic carbocycles. The topological polar surface area (TPSA) is 15.3 Å². The minimum atomic E-state index is -0.283. The maximum atomic E-state index is 13.7. The van der Waals surface area contributed by atoms with E-state index in [1.54, 1.807) is 12.1 Å². The van der Waals surface area contributed by atoms with Crippen molar-refractivity contribution in [3.63, 3.8) is 0 Å². The lowest BCUT2D eigenvalue weighted by atomic mass is 10.1. The first-order chi connectivity index (χ1) is 9.60. The van der Waals surface area contributed by atoms with Gasteiger partial charge in [0.1, 0.15) is 11.6 Å². The first-order valence-corrected chi connectivity index (χ1v) is 6.59. The maximum absolute atomic E-state index is 13.7. The summed E-state index contributed by atoms with van der Waals surface area (Å²) in [7, 11) is 1.83. The Bertz CT molecular complexity index is 567. The van der Waals surface area contributed by atoms with Crippen molar-refractivity contribution in [3.8, 4) is 0 Å². The van der Waals surface area contributed by atoms with Gasteiger partial charge in [-0.1, -0.05) is 6.92 Å². The van der Waals surface area contributed by atoms with Gasteiger partial charge in [0, 0.05) is 25.0 Å². The molecule has 0 saturated carbocycles. The molecule has 0 fully saturated rings. The van der Waals surface area contributed by atoms with Gasteiger partial charge in [0.25, 0.3) is 0 Å². The molecule has 0 radical (unpaired) electrons. The second-order valence-electron chi connectivity index (χ2n) is 4.63. The zero-order valence-corrected chi connectivity index (χ0v) is 11.7. The lowest BCUT2D eigenvalue weighted by Crippen LogP contribution is -2.14. The van der Waals surface area contributed by atoms with Gasteiger partial charge in [-0.2, -0.15) is 0 Å². The van der Waals surface area contributed by atoms with Crippen molar-refractivity contribution in [2.75, 3.05) is 18.5 Å². The van der Waals surface area contributed by atoms with Gasteiger partial charge in [-0.3, -0.25) is 0 Å². The quantitative estimate of drug-likeness (QED) is 0.892. The molecule has 2 nitrogen and oxygen atoms in total. The summed E-state index contributed by atoms with van der Waals surface area (Å²) in [6, 6.07) is 11.0. The Morgan fingerprint density at radius 1 is 0.950 bits per heavy atom. The van der Waals surface area contributed by atoms with Crippen LogP contribution in [0.5, 0.6) is 0 Å². The minimum Gasteiger partial charge on any atom is -0.345 e. The van der Waals surface area contributed by atoms with Gasteiger partial charge in [-0.05, 0) is 54.6 Å². The first-order valence-electron chi connectivity index (χ1n) is 6.59. The van der Waals surface area contributed by atoms with Crippen molar-refractivity contribution in [1.82, 2.24) is 5.32 Å². The fourth-order valence-corrected chi connectivity index (χ4v) is 2.01. The average Bonchev–Trinajstić information content (AvgIpc) is 2.44. The van der Waals surface area contributed by atoms with Crippen molar-refractivity contribution in [2.24, 2.45) is 0 Å². The number of benzene rings is 2. The van der Waals surface area contributed by atoms with E-state index in [1.165, 1.54) is 24.3 Å². The van der Waals surface area contributed by atoms with Gasteiger partial charge in [0.2, 0.25) is 0 Å². The number of rotatable bonds is 5. The summed E-state index contributed by atoms with van der Waals surface area (Å²) in [5, 5.41) is 3.17. The maximum Gasteiger partial charge on any atom is 0.125 e. The van der Waals surface area contributed by atoms with Gasteiger partial charge in [-0.15, -0.1) is 0 Å². The molecule has 20 heavy (non-hydrogen) atoms. The van der Waals surface area contributed by atoms with E-state index in [-0.39, 0.29) is 11.6 Å². The van der Waals surface area contributed by atoms with E-state index >= 15 is 0 Å². The van der Waals surface area contributed by atoms with Crippen LogP contribution < -0.4 is 10.2 Å². The molecule has 0 aliphatic carbocycles. The zero-order valence-electron chi connectivity index (χ0n) is 11.7. The molecule has 2 aromatic rings. The fourth-order valence-electron chi connectivity index (χ4n) is 2.01. The Morgan fingerprint density at radius 3 is 2.30 bits per heavy atom. The summed E-state index contributed by atoms with van der Waals surface area (Å²) in [6.45, 7) is 3.46. The van der Waals surface area contributed by atoms with Crippen molar-refractivity contribution < 1.29 is 8.78 Å². The van der Waals surface area contributed by atoms with E-state index in [1.807, 2.05) is 24.9 Å². The van der Waals surface area contributed by atoms with Crippen molar-refractivity contribution >= 4 is 11.4 Å². The lowest BCUT2D eigenvalue weighted by molar-refractivity contribution is 0.621. The Labute approximate surface area is 118 Å². The lowest BCUT2D eigenvalue weighted by Gasteiger charge is -2.20. The molecule has 0 heterocycles. The van der Waals surface area contributed by atoms with Crippen LogP contribution in [0.25, 0.3) is 0 Å². The third-order valence-corrected chi connectivity index (χ3v) is 3.12. The number of nitrogens with one attached hydrogen (secondary N) is 1. The van der Waals surface area contributed by atoms with Crippen LogP contribution >= 0.6 is 0 Å². The number of hydrogen-bond acceptors (Lipinski definition) is 2. The van der Waals surface area contributed by atoms with E-state index in [4.69, 9.17) is 0 Å². The average molecular weight is 276 g/mol. The molecule has 2 rings (SSSR count). The smallest absolute Gasteiger partial charge is 0.125 e. The minimum absolute atomic E-state index is 0.274. The summed E-state index contributed by atoms with van der Waals surface area (Å²) >= 11 is 0. The van der Waals surface area contributed by atoms with E-state index in [9.17, 15) is 8.78 Å². The highest BCUT2D eigenvalue weighted by atomic mass is 19.1. The fraction of sp³-hybridized carbons (Fsp3) is 0.250. The van der Waals surface area contributed by atoms with Crippen LogP contribution in [0.1, 0.15) is 12.5 Å². The molecule has 106 valence electrons. The molecule has 0 aliphatic heterocycles. The Balaban J connectivity index is 2.26. The van der Waals surface area contributed by atoms with Gasteiger partial charge < -0.3 is 10.2 Å². The summed E-state index contributed by atoms with van der Waals surface area (Å²) in [6.07, 6.45) is 0. The predicted molar refractivity (Wildman–Crippen MR) is 78.2 cm³/mol. The van der Waals surface area contributed by atoms with Crippen LogP contribution in [0.15, 0.2) is 42.5 Å². The van der Waals surface area contributed by atoms with Crippen LogP contribution in [0.2, 0.25) is 0 Å². The second kappa shape index (κ2) is 6.48.